The van der Waals surface area contributed by atoms with Crippen LogP contribution in [0.3, 0.4) is 0 Å². The van der Waals surface area contributed by atoms with Gasteiger partial charge in [-0.15, -0.1) is 11.3 Å². The zero-order chi connectivity index (χ0) is 14.5. The highest BCUT2D eigenvalue weighted by molar-refractivity contribution is 9.10. The number of unbranched alkanes of at least 4 members (excludes halogenated alkanes) is 1. The molecule has 114 valence electrons. The maximum absolute atomic E-state index is 6.01. The molecule has 2 nitrogen and oxygen atoms in total. The van der Waals surface area contributed by atoms with Crippen molar-refractivity contribution < 1.29 is 4.74 Å². The van der Waals surface area contributed by atoms with Crippen LogP contribution in [0.2, 0.25) is 0 Å². The van der Waals surface area contributed by atoms with Gasteiger partial charge in [0.05, 0.1) is 6.61 Å². The summed E-state index contributed by atoms with van der Waals surface area (Å²) >= 11 is 5.37. The Morgan fingerprint density at radius 2 is 2.00 bits per heavy atom. The molecular weight excluding hydrogens is 346 g/mol. The molecule has 1 aromatic carbocycles. The molecule has 1 saturated heterocycles. The normalized spacial score (nSPS) is 16.4. The van der Waals surface area contributed by atoms with Crippen LogP contribution in [-0.4, -0.2) is 31.1 Å². The van der Waals surface area contributed by atoms with Crippen LogP contribution in [0, 0.1) is 0 Å². The number of nitrogens with zero attached hydrogens (tertiary/aromatic N) is 1. The van der Waals surface area contributed by atoms with Crippen molar-refractivity contribution in [2.75, 3.05) is 26.2 Å². The monoisotopic (exact) mass is 367 g/mol. The minimum atomic E-state index is 0.815. The number of hydrogen-bond donors (Lipinski definition) is 0. The van der Waals surface area contributed by atoms with Crippen LogP contribution in [0.1, 0.15) is 32.1 Å². The third-order valence-electron chi connectivity index (χ3n) is 4.09. The van der Waals surface area contributed by atoms with Crippen LogP contribution in [-0.2, 0) is 0 Å². The van der Waals surface area contributed by atoms with E-state index in [1.807, 2.05) is 0 Å². The van der Waals surface area contributed by atoms with Crippen molar-refractivity contribution in [3.63, 3.8) is 0 Å². The van der Waals surface area contributed by atoms with E-state index in [0.717, 1.165) is 23.2 Å². The van der Waals surface area contributed by atoms with Crippen molar-refractivity contribution >= 4 is 37.4 Å². The quantitative estimate of drug-likeness (QED) is 0.641. The Morgan fingerprint density at radius 3 is 2.86 bits per heavy atom. The Bertz CT molecular complexity index is 577. The molecule has 4 heteroatoms. The van der Waals surface area contributed by atoms with Crippen LogP contribution >= 0.6 is 27.3 Å². The molecule has 0 amide bonds. The molecule has 0 spiro atoms. The number of hydrogen-bond acceptors (Lipinski definition) is 3. The van der Waals surface area contributed by atoms with E-state index >= 15 is 0 Å². The summed E-state index contributed by atoms with van der Waals surface area (Å²) in [6.45, 7) is 4.63. The molecule has 21 heavy (non-hydrogen) atoms. The Hall–Kier alpha value is -0.580. The molecule has 1 aliphatic heterocycles. The molecule has 1 aliphatic rings. The summed E-state index contributed by atoms with van der Waals surface area (Å²) in [5.74, 6) is 1.01. The highest BCUT2D eigenvalue weighted by atomic mass is 79.9. The molecule has 3 rings (SSSR count). The number of fused-ring (bicyclic) bond motifs is 1. The first-order chi connectivity index (χ1) is 10.3. The van der Waals surface area contributed by atoms with Crippen LogP contribution < -0.4 is 4.74 Å². The molecule has 0 N–H and O–H groups in total. The van der Waals surface area contributed by atoms with Crippen molar-refractivity contribution in [1.82, 2.24) is 4.90 Å². The van der Waals surface area contributed by atoms with E-state index in [0.29, 0.717) is 0 Å². The second kappa shape index (κ2) is 7.61. The van der Waals surface area contributed by atoms with Gasteiger partial charge in [-0.25, -0.2) is 0 Å². The van der Waals surface area contributed by atoms with Gasteiger partial charge in [-0.2, -0.15) is 0 Å². The molecule has 0 aliphatic carbocycles. The van der Waals surface area contributed by atoms with Gasteiger partial charge < -0.3 is 9.64 Å². The number of rotatable bonds is 6. The standard InChI is InChI=1S/C17H22BrNOS/c18-14-13-21-16-8-6-7-15(17(14)16)20-12-5-4-11-19-9-2-1-3-10-19/h6-8,13H,1-5,9-12H2. The van der Waals surface area contributed by atoms with Crippen LogP contribution in [0.25, 0.3) is 10.1 Å². The van der Waals surface area contributed by atoms with Gasteiger partial charge in [-0.1, -0.05) is 12.5 Å². The van der Waals surface area contributed by atoms with Gasteiger partial charge in [0.1, 0.15) is 5.75 Å². The van der Waals surface area contributed by atoms with Crippen LogP contribution in [0.4, 0.5) is 0 Å². The average molecular weight is 368 g/mol. The van der Waals surface area contributed by atoms with Gasteiger partial charge in [-0.05, 0) is 73.4 Å². The van der Waals surface area contributed by atoms with Gasteiger partial charge in [0.15, 0.2) is 0 Å². The number of thiophene rings is 1. The van der Waals surface area contributed by atoms with Crippen molar-refractivity contribution in [3.05, 3.63) is 28.1 Å². The molecule has 2 heterocycles. The van der Waals surface area contributed by atoms with Gasteiger partial charge in [0.25, 0.3) is 0 Å². The van der Waals surface area contributed by atoms with E-state index in [4.69, 9.17) is 4.74 Å². The Balaban J connectivity index is 1.45. The molecule has 0 radical (unpaired) electrons. The largest absolute Gasteiger partial charge is 0.493 e. The molecule has 0 bridgehead atoms. The minimum Gasteiger partial charge on any atom is -0.493 e. The second-order valence-electron chi connectivity index (χ2n) is 5.67. The number of likely N-dealkylation sites (tertiary alicyclic amines) is 1. The minimum absolute atomic E-state index is 0.815. The topological polar surface area (TPSA) is 12.5 Å². The summed E-state index contributed by atoms with van der Waals surface area (Å²) in [5.41, 5.74) is 0. The molecule has 0 saturated carbocycles. The number of ether oxygens (including phenoxy) is 1. The lowest BCUT2D eigenvalue weighted by Gasteiger charge is -2.26. The zero-order valence-electron chi connectivity index (χ0n) is 12.3. The third-order valence-corrected chi connectivity index (χ3v) is 5.97. The zero-order valence-corrected chi connectivity index (χ0v) is 14.7. The average Bonchev–Trinajstić information content (AvgIpc) is 2.90. The summed E-state index contributed by atoms with van der Waals surface area (Å²) in [7, 11) is 0. The smallest absolute Gasteiger partial charge is 0.129 e. The summed E-state index contributed by atoms with van der Waals surface area (Å²) < 4.78 is 8.44. The fraction of sp³-hybridized carbons (Fsp3) is 0.529. The van der Waals surface area contributed by atoms with E-state index < -0.39 is 0 Å². The van der Waals surface area contributed by atoms with E-state index in [1.165, 1.54) is 55.4 Å². The summed E-state index contributed by atoms with van der Waals surface area (Å²) in [4.78, 5) is 2.60. The SMILES string of the molecule is Brc1csc2cccc(OCCCCN3CCCCC3)c12. The van der Waals surface area contributed by atoms with Crippen LogP contribution in [0.5, 0.6) is 5.75 Å². The van der Waals surface area contributed by atoms with E-state index in [1.54, 1.807) is 11.3 Å². The summed E-state index contributed by atoms with van der Waals surface area (Å²) in [5, 5.41) is 3.35. The van der Waals surface area contributed by atoms with Crippen molar-refractivity contribution in [2.24, 2.45) is 0 Å². The first-order valence-electron chi connectivity index (χ1n) is 7.85. The fourth-order valence-corrected chi connectivity index (χ4v) is 4.60. The molecular formula is C17H22BrNOS. The highest BCUT2D eigenvalue weighted by Gasteiger charge is 2.10. The van der Waals surface area contributed by atoms with Crippen molar-refractivity contribution in [1.29, 1.82) is 0 Å². The molecule has 2 aromatic rings. The van der Waals surface area contributed by atoms with Gasteiger partial charge >= 0.3 is 0 Å². The molecule has 1 aromatic heterocycles. The van der Waals surface area contributed by atoms with E-state index in [9.17, 15) is 0 Å². The van der Waals surface area contributed by atoms with Gasteiger partial charge in [0, 0.05) is 19.9 Å². The number of piperidine rings is 1. The Labute approximate surface area is 139 Å². The Morgan fingerprint density at radius 1 is 1.14 bits per heavy atom. The summed E-state index contributed by atoms with van der Waals surface area (Å²) in [6, 6.07) is 6.30. The first-order valence-corrected chi connectivity index (χ1v) is 9.53. The first kappa shape index (κ1) is 15.3. The molecule has 0 atom stereocenters. The van der Waals surface area contributed by atoms with Crippen molar-refractivity contribution in [2.45, 2.75) is 32.1 Å². The fourth-order valence-electron chi connectivity index (χ4n) is 2.94. The lowest BCUT2D eigenvalue weighted by molar-refractivity contribution is 0.216. The maximum Gasteiger partial charge on any atom is 0.129 e. The summed E-state index contributed by atoms with van der Waals surface area (Å²) in [6.07, 6.45) is 6.55. The third kappa shape index (κ3) is 3.99. The predicted molar refractivity (Wildman–Crippen MR) is 94.5 cm³/mol. The number of halogens is 1. The van der Waals surface area contributed by atoms with E-state index in [-0.39, 0.29) is 0 Å². The van der Waals surface area contributed by atoms with Crippen LogP contribution in [0.15, 0.2) is 28.1 Å². The lowest BCUT2D eigenvalue weighted by Crippen LogP contribution is -2.30. The second-order valence-corrected chi connectivity index (χ2v) is 7.44. The van der Waals surface area contributed by atoms with Gasteiger partial charge in [0.2, 0.25) is 0 Å². The Kier molecular flexibility index (Phi) is 5.55. The van der Waals surface area contributed by atoms with E-state index in [2.05, 4.69) is 44.4 Å². The maximum atomic E-state index is 6.01. The number of benzene rings is 1. The highest BCUT2D eigenvalue weighted by Crippen LogP contribution is 2.36. The van der Waals surface area contributed by atoms with Crippen molar-refractivity contribution in [3.8, 4) is 5.75 Å². The lowest BCUT2D eigenvalue weighted by atomic mass is 10.1. The molecule has 1 fully saturated rings. The molecule has 0 unspecified atom stereocenters. The van der Waals surface area contributed by atoms with Gasteiger partial charge in [-0.3, -0.25) is 0 Å². The predicted octanol–water partition coefficient (Wildman–Crippen LogP) is 5.31.